The molecule has 3 heterocycles. The number of hydrogen-bond donors (Lipinski definition) is 1. The summed E-state index contributed by atoms with van der Waals surface area (Å²) in [5, 5.41) is 3.94. The van der Waals surface area contributed by atoms with Crippen LogP contribution in [-0.4, -0.2) is 83.9 Å². The molecule has 180 valence electrons. The van der Waals surface area contributed by atoms with Crippen molar-refractivity contribution in [2.45, 2.75) is 32.1 Å². The highest BCUT2D eigenvalue weighted by Crippen LogP contribution is 2.60. The molecule has 0 aromatic heterocycles. The van der Waals surface area contributed by atoms with E-state index in [4.69, 9.17) is 0 Å². The summed E-state index contributed by atoms with van der Waals surface area (Å²) in [6, 6.07) is 10.3. The number of benzene rings is 1. The average Bonchev–Trinajstić information content (AvgIpc) is 3.58. The van der Waals surface area contributed by atoms with E-state index < -0.39 is 0 Å². The fourth-order valence-electron chi connectivity index (χ4n) is 5.49. The monoisotopic (exact) mass is 463 g/mol. The molecule has 3 fully saturated rings. The van der Waals surface area contributed by atoms with Crippen LogP contribution in [0.25, 0.3) is 6.08 Å². The van der Waals surface area contributed by atoms with Crippen molar-refractivity contribution in [1.29, 1.82) is 0 Å². The Balaban J connectivity index is 1.05. The summed E-state index contributed by atoms with van der Waals surface area (Å²) in [6.45, 7) is 5.63. The van der Waals surface area contributed by atoms with E-state index >= 15 is 0 Å². The van der Waals surface area contributed by atoms with Gasteiger partial charge in [-0.2, -0.15) is 5.10 Å². The predicted octanol–water partition coefficient (Wildman–Crippen LogP) is 1.74. The first-order valence-electron chi connectivity index (χ1n) is 12.4. The SMILES string of the molecule is O=C1CCC(C(=O)N2CCC3(CC2)CC3C(=O)N2CCN(C/C=C/c3ccccc3)CC2)=NN1. The number of carbonyl (C=O) groups excluding carboxylic acids is 3. The Labute approximate surface area is 200 Å². The van der Waals surface area contributed by atoms with Crippen LogP contribution in [0.15, 0.2) is 41.5 Å². The van der Waals surface area contributed by atoms with Gasteiger partial charge in [-0.15, -0.1) is 0 Å². The molecule has 1 unspecified atom stereocenters. The minimum atomic E-state index is -0.141. The first-order chi connectivity index (χ1) is 16.5. The highest BCUT2D eigenvalue weighted by molar-refractivity contribution is 6.39. The van der Waals surface area contributed by atoms with Gasteiger partial charge in [0.1, 0.15) is 5.71 Å². The minimum absolute atomic E-state index is 0.0733. The molecule has 3 aliphatic heterocycles. The lowest BCUT2D eigenvalue weighted by atomic mass is 9.90. The van der Waals surface area contributed by atoms with Crippen LogP contribution in [0.1, 0.15) is 37.7 Å². The Morgan fingerprint density at radius 1 is 1.00 bits per heavy atom. The summed E-state index contributed by atoms with van der Waals surface area (Å²) < 4.78 is 0. The van der Waals surface area contributed by atoms with Gasteiger partial charge in [0.05, 0.1) is 0 Å². The topological polar surface area (TPSA) is 85.3 Å². The zero-order chi connectivity index (χ0) is 23.5. The van der Waals surface area contributed by atoms with Crippen molar-refractivity contribution in [3.05, 3.63) is 42.0 Å². The smallest absolute Gasteiger partial charge is 0.270 e. The van der Waals surface area contributed by atoms with Crippen LogP contribution in [0.3, 0.4) is 0 Å². The van der Waals surface area contributed by atoms with Crippen molar-refractivity contribution in [3.8, 4) is 0 Å². The molecule has 2 saturated heterocycles. The lowest BCUT2D eigenvalue weighted by Crippen LogP contribution is -2.50. The highest BCUT2D eigenvalue weighted by atomic mass is 16.2. The molecule has 3 amide bonds. The molecule has 8 nitrogen and oxygen atoms in total. The third-order valence-electron chi connectivity index (χ3n) is 7.84. The van der Waals surface area contributed by atoms with E-state index in [1.807, 2.05) is 28.0 Å². The van der Waals surface area contributed by atoms with Crippen molar-refractivity contribution >= 4 is 29.5 Å². The van der Waals surface area contributed by atoms with Gasteiger partial charge in [-0.25, -0.2) is 5.43 Å². The standard InChI is InChI=1S/C26H33N5O3/c32-23-9-8-22(27-28-23)25(34)30-13-10-26(11-14-30)19-21(26)24(33)31-17-15-29(16-18-31)12-4-7-20-5-2-1-3-6-20/h1-7,21H,8-19H2,(H,28,32)/b7-4+. The van der Waals surface area contributed by atoms with Crippen LogP contribution < -0.4 is 5.43 Å². The van der Waals surface area contributed by atoms with E-state index in [0.29, 0.717) is 37.6 Å². The first kappa shape index (κ1) is 22.8. The van der Waals surface area contributed by atoms with Gasteiger partial charge in [0.25, 0.3) is 5.91 Å². The van der Waals surface area contributed by atoms with Crippen molar-refractivity contribution < 1.29 is 14.4 Å². The summed E-state index contributed by atoms with van der Waals surface area (Å²) in [5.41, 5.74) is 4.13. The maximum absolute atomic E-state index is 13.2. The molecule has 4 aliphatic rings. The molecule has 8 heteroatoms. The number of rotatable bonds is 5. The third-order valence-corrected chi connectivity index (χ3v) is 7.84. The van der Waals surface area contributed by atoms with Gasteiger partial charge in [-0.3, -0.25) is 19.3 Å². The van der Waals surface area contributed by atoms with Crippen molar-refractivity contribution in [2.24, 2.45) is 16.4 Å². The zero-order valence-corrected chi connectivity index (χ0v) is 19.6. The predicted molar refractivity (Wildman–Crippen MR) is 130 cm³/mol. The Hall–Kier alpha value is -3.00. The molecule has 0 bridgehead atoms. The Morgan fingerprint density at radius 3 is 2.41 bits per heavy atom. The van der Waals surface area contributed by atoms with Gasteiger partial charge in [0.15, 0.2) is 0 Å². The number of nitrogens with one attached hydrogen (secondary N) is 1. The molecular formula is C26H33N5O3. The second kappa shape index (κ2) is 9.70. The summed E-state index contributed by atoms with van der Waals surface area (Å²) >= 11 is 0. The van der Waals surface area contributed by atoms with Crippen molar-refractivity contribution in [3.63, 3.8) is 0 Å². The number of piperazine rings is 1. The fourth-order valence-corrected chi connectivity index (χ4v) is 5.49. The third kappa shape index (κ3) is 4.92. The quantitative estimate of drug-likeness (QED) is 0.721. The van der Waals surface area contributed by atoms with Crippen LogP contribution in [0, 0.1) is 11.3 Å². The molecule has 1 spiro atoms. The van der Waals surface area contributed by atoms with Gasteiger partial charge >= 0.3 is 0 Å². The van der Waals surface area contributed by atoms with Crippen LogP contribution in [0.4, 0.5) is 0 Å². The summed E-state index contributed by atoms with van der Waals surface area (Å²) in [6.07, 6.45) is 7.77. The Morgan fingerprint density at radius 2 is 1.74 bits per heavy atom. The van der Waals surface area contributed by atoms with E-state index in [0.717, 1.165) is 52.0 Å². The van der Waals surface area contributed by atoms with Crippen molar-refractivity contribution in [2.75, 3.05) is 45.8 Å². The van der Waals surface area contributed by atoms with E-state index in [1.165, 1.54) is 5.56 Å². The average molecular weight is 464 g/mol. The second-order valence-corrected chi connectivity index (χ2v) is 9.94. The molecule has 1 saturated carbocycles. The van der Waals surface area contributed by atoms with E-state index in [-0.39, 0.29) is 23.1 Å². The number of piperidine rings is 1. The number of hydrogen-bond acceptors (Lipinski definition) is 5. The summed E-state index contributed by atoms with van der Waals surface area (Å²) in [7, 11) is 0. The highest BCUT2D eigenvalue weighted by Gasteiger charge is 2.59. The molecule has 1 atom stereocenters. The van der Waals surface area contributed by atoms with Gasteiger partial charge in [0.2, 0.25) is 11.8 Å². The van der Waals surface area contributed by atoms with E-state index in [2.05, 4.69) is 39.7 Å². The number of nitrogens with zero attached hydrogens (tertiary/aromatic N) is 4. The minimum Gasteiger partial charge on any atom is -0.340 e. The van der Waals surface area contributed by atoms with Crippen LogP contribution in [0.2, 0.25) is 0 Å². The zero-order valence-electron chi connectivity index (χ0n) is 19.6. The molecule has 34 heavy (non-hydrogen) atoms. The Kier molecular flexibility index (Phi) is 6.50. The van der Waals surface area contributed by atoms with Gasteiger partial charge < -0.3 is 9.80 Å². The summed E-state index contributed by atoms with van der Waals surface area (Å²) in [5.74, 6) is 0.202. The lowest BCUT2D eigenvalue weighted by Gasteiger charge is -2.36. The molecule has 1 aromatic carbocycles. The number of likely N-dealkylation sites (tertiary alicyclic amines) is 1. The number of carbonyl (C=O) groups is 3. The Bertz CT molecular complexity index is 989. The number of hydrazone groups is 1. The normalized spacial score (nSPS) is 24.8. The molecular weight excluding hydrogens is 430 g/mol. The van der Waals surface area contributed by atoms with E-state index in [1.54, 1.807) is 0 Å². The number of amides is 3. The first-order valence-corrected chi connectivity index (χ1v) is 12.4. The summed E-state index contributed by atoms with van der Waals surface area (Å²) in [4.78, 5) is 43.4. The second-order valence-electron chi connectivity index (χ2n) is 9.94. The van der Waals surface area contributed by atoms with Gasteiger partial charge in [0, 0.05) is 64.6 Å². The van der Waals surface area contributed by atoms with Crippen LogP contribution in [0.5, 0.6) is 0 Å². The van der Waals surface area contributed by atoms with Gasteiger partial charge in [-0.1, -0.05) is 42.5 Å². The molecule has 0 radical (unpaired) electrons. The lowest BCUT2D eigenvalue weighted by molar-refractivity contribution is -0.135. The molecule has 1 N–H and O–H groups in total. The van der Waals surface area contributed by atoms with Crippen LogP contribution >= 0.6 is 0 Å². The molecule has 5 rings (SSSR count). The van der Waals surface area contributed by atoms with Gasteiger partial charge in [-0.05, 0) is 30.2 Å². The molecule has 1 aliphatic carbocycles. The maximum Gasteiger partial charge on any atom is 0.270 e. The largest absolute Gasteiger partial charge is 0.340 e. The maximum atomic E-state index is 13.2. The van der Waals surface area contributed by atoms with E-state index in [9.17, 15) is 14.4 Å². The van der Waals surface area contributed by atoms with Crippen molar-refractivity contribution in [1.82, 2.24) is 20.1 Å². The molecule has 1 aromatic rings. The van der Waals surface area contributed by atoms with Crippen LogP contribution in [-0.2, 0) is 14.4 Å². The fraction of sp³-hybridized carbons (Fsp3) is 0.538.